The van der Waals surface area contributed by atoms with Gasteiger partial charge in [-0.25, -0.2) is 0 Å². The number of benzene rings is 2. The summed E-state index contributed by atoms with van der Waals surface area (Å²) in [6.45, 7) is 1.65. The molecule has 1 saturated heterocycles. The molecule has 1 N–H and O–H groups in total. The van der Waals surface area contributed by atoms with Crippen LogP contribution in [0.1, 0.15) is 15.9 Å². The summed E-state index contributed by atoms with van der Waals surface area (Å²) in [5.74, 6) is -0.914. The van der Waals surface area contributed by atoms with Crippen molar-refractivity contribution in [3.8, 4) is 0 Å². The highest BCUT2D eigenvalue weighted by Gasteiger charge is 2.23. The molecule has 1 heterocycles. The summed E-state index contributed by atoms with van der Waals surface area (Å²) in [4.78, 5) is 37.4. The van der Waals surface area contributed by atoms with Crippen LogP contribution < -0.4 is 5.32 Å². The number of amides is 2. The molecule has 0 unspecified atom stereocenters. The molecule has 1 fully saturated rings. The lowest BCUT2D eigenvalue weighted by Crippen LogP contribution is -2.44. The number of nitrogens with zero attached hydrogens (tertiary/aromatic N) is 2. The van der Waals surface area contributed by atoms with Crippen LogP contribution in [0.25, 0.3) is 6.08 Å². The molecular weight excluding hydrogens is 398 g/mol. The predicted molar refractivity (Wildman–Crippen MR) is 107 cm³/mol. The van der Waals surface area contributed by atoms with Gasteiger partial charge in [0.1, 0.15) is 5.70 Å². The zero-order valence-electron chi connectivity index (χ0n) is 15.3. The van der Waals surface area contributed by atoms with Crippen LogP contribution in [0, 0.1) is 10.1 Å². The van der Waals surface area contributed by atoms with Crippen molar-refractivity contribution in [3.63, 3.8) is 0 Å². The molecule has 2 aromatic carbocycles. The maximum absolute atomic E-state index is 13.0. The number of hydrogen-bond donors (Lipinski definition) is 1. The summed E-state index contributed by atoms with van der Waals surface area (Å²) in [5, 5.41) is 13.8. The third-order valence-corrected chi connectivity index (χ3v) is 4.67. The number of nitro groups is 1. The quantitative estimate of drug-likeness (QED) is 0.459. The highest BCUT2D eigenvalue weighted by molar-refractivity contribution is 6.32. The van der Waals surface area contributed by atoms with Crippen LogP contribution in [-0.4, -0.2) is 47.9 Å². The van der Waals surface area contributed by atoms with Gasteiger partial charge < -0.3 is 15.0 Å². The van der Waals surface area contributed by atoms with Crippen molar-refractivity contribution in [3.05, 3.63) is 80.5 Å². The van der Waals surface area contributed by atoms with E-state index >= 15 is 0 Å². The third kappa shape index (κ3) is 5.18. The number of morpholine rings is 1. The Balaban J connectivity index is 1.88. The summed E-state index contributed by atoms with van der Waals surface area (Å²) in [7, 11) is 0. The normalized spacial score (nSPS) is 14.4. The Kier molecular flexibility index (Phi) is 6.58. The van der Waals surface area contributed by atoms with Crippen LogP contribution >= 0.6 is 11.6 Å². The lowest BCUT2D eigenvalue weighted by Gasteiger charge is -2.28. The van der Waals surface area contributed by atoms with Gasteiger partial charge >= 0.3 is 0 Å². The molecule has 0 aliphatic carbocycles. The van der Waals surface area contributed by atoms with Gasteiger partial charge in [-0.2, -0.15) is 0 Å². The first-order valence-electron chi connectivity index (χ1n) is 8.85. The van der Waals surface area contributed by atoms with Crippen LogP contribution in [0.5, 0.6) is 0 Å². The van der Waals surface area contributed by atoms with Gasteiger partial charge in [0.05, 0.1) is 18.1 Å². The summed E-state index contributed by atoms with van der Waals surface area (Å²) >= 11 is 6.19. The van der Waals surface area contributed by atoms with Crippen LogP contribution in [0.15, 0.2) is 54.2 Å². The number of hydrogen-bond acceptors (Lipinski definition) is 5. The minimum atomic E-state index is -0.556. The number of nitrogens with one attached hydrogen (secondary N) is 1. The van der Waals surface area contributed by atoms with E-state index in [0.717, 1.165) is 0 Å². The SMILES string of the molecule is O=C(NC(=Cc1ccccc1Cl)C(=O)N1CCOCC1)c1ccc([N+](=O)[O-])cc1. The first-order chi connectivity index (χ1) is 14.0. The van der Waals surface area contributed by atoms with E-state index in [1.54, 1.807) is 29.2 Å². The molecule has 2 aromatic rings. The topological polar surface area (TPSA) is 102 Å². The molecule has 2 amide bonds. The molecule has 0 saturated carbocycles. The molecule has 29 heavy (non-hydrogen) atoms. The van der Waals surface area contributed by atoms with Gasteiger partial charge in [0, 0.05) is 35.8 Å². The molecule has 0 atom stereocenters. The Morgan fingerprint density at radius 3 is 2.38 bits per heavy atom. The zero-order valence-corrected chi connectivity index (χ0v) is 16.1. The summed E-state index contributed by atoms with van der Waals surface area (Å²) < 4.78 is 5.27. The highest BCUT2D eigenvalue weighted by atomic mass is 35.5. The van der Waals surface area contributed by atoms with Gasteiger partial charge in [0.25, 0.3) is 17.5 Å². The van der Waals surface area contributed by atoms with Crippen molar-refractivity contribution in [1.82, 2.24) is 10.2 Å². The summed E-state index contributed by atoms with van der Waals surface area (Å²) in [6, 6.07) is 12.1. The van der Waals surface area contributed by atoms with Gasteiger partial charge in [0.15, 0.2) is 0 Å². The van der Waals surface area contributed by atoms with E-state index in [1.165, 1.54) is 30.3 Å². The molecule has 150 valence electrons. The Labute approximate surface area is 171 Å². The first kappa shape index (κ1) is 20.5. The minimum absolute atomic E-state index is 0.0587. The van der Waals surface area contributed by atoms with Gasteiger partial charge in [-0.3, -0.25) is 19.7 Å². The molecule has 9 heteroatoms. The monoisotopic (exact) mass is 415 g/mol. The van der Waals surface area contributed by atoms with E-state index in [-0.39, 0.29) is 22.9 Å². The maximum atomic E-state index is 13.0. The van der Waals surface area contributed by atoms with Gasteiger partial charge in [-0.15, -0.1) is 0 Å². The number of carbonyl (C=O) groups excluding carboxylic acids is 2. The fourth-order valence-corrected chi connectivity index (χ4v) is 2.96. The molecule has 3 rings (SSSR count). The first-order valence-corrected chi connectivity index (χ1v) is 9.22. The largest absolute Gasteiger partial charge is 0.378 e. The average Bonchev–Trinajstić information content (AvgIpc) is 2.75. The number of nitro benzene ring substituents is 1. The number of non-ortho nitro benzene ring substituents is 1. The molecule has 0 radical (unpaired) electrons. The van der Waals surface area contributed by atoms with Crippen LogP contribution in [0.2, 0.25) is 5.02 Å². The highest BCUT2D eigenvalue weighted by Crippen LogP contribution is 2.19. The van der Waals surface area contributed by atoms with E-state index in [4.69, 9.17) is 16.3 Å². The zero-order chi connectivity index (χ0) is 20.8. The molecule has 0 spiro atoms. The number of rotatable bonds is 5. The number of carbonyl (C=O) groups is 2. The fourth-order valence-electron chi connectivity index (χ4n) is 2.76. The van der Waals surface area contributed by atoms with Crippen molar-refractivity contribution in [2.45, 2.75) is 0 Å². The second-order valence-corrected chi connectivity index (χ2v) is 6.65. The summed E-state index contributed by atoms with van der Waals surface area (Å²) in [5.41, 5.74) is 0.700. The van der Waals surface area contributed by atoms with Gasteiger partial charge in [0.2, 0.25) is 0 Å². The lowest BCUT2D eigenvalue weighted by molar-refractivity contribution is -0.384. The Morgan fingerprint density at radius 2 is 1.76 bits per heavy atom. The van der Waals surface area contributed by atoms with Crippen molar-refractivity contribution in [1.29, 1.82) is 0 Å². The molecule has 1 aliphatic rings. The molecule has 1 aliphatic heterocycles. The van der Waals surface area contributed by atoms with E-state index in [9.17, 15) is 19.7 Å². The molecule has 8 nitrogen and oxygen atoms in total. The third-order valence-electron chi connectivity index (χ3n) is 4.32. The average molecular weight is 416 g/mol. The van der Waals surface area contributed by atoms with E-state index in [2.05, 4.69) is 5.32 Å². The Morgan fingerprint density at radius 1 is 1.10 bits per heavy atom. The van der Waals surface area contributed by atoms with Crippen LogP contribution in [-0.2, 0) is 9.53 Å². The molecule has 0 aromatic heterocycles. The Bertz CT molecular complexity index is 953. The summed E-state index contributed by atoms with van der Waals surface area (Å²) in [6.07, 6.45) is 1.52. The van der Waals surface area contributed by atoms with Crippen molar-refractivity contribution in [2.24, 2.45) is 0 Å². The number of halogens is 1. The van der Waals surface area contributed by atoms with Gasteiger partial charge in [-0.1, -0.05) is 29.8 Å². The maximum Gasteiger partial charge on any atom is 0.270 e. The van der Waals surface area contributed by atoms with E-state index in [0.29, 0.717) is 36.9 Å². The van der Waals surface area contributed by atoms with Crippen molar-refractivity contribution < 1.29 is 19.2 Å². The van der Waals surface area contributed by atoms with Crippen LogP contribution in [0.3, 0.4) is 0 Å². The number of ether oxygens (including phenoxy) is 1. The molecule has 0 bridgehead atoms. The van der Waals surface area contributed by atoms with Gasteiger partial charge in [-0.05, 0) is 29.8 Å². The predicted octanol–water partition coefficient (Wildman–Crippen LogP) is 2.88. The molecular formula is C20H18ClN3O5. The fraction of sp³-hybridized carbons (Fsp3) is 0.200. The second-order valence-electron chi connectivity index (χ2n) is 6.24. The minimum Gasteiger partial charge on any atom is -0.378 e. The van der Waals surface area contributed by atoms with Crippen LogP contribution in [0.4, 0.5) is 5.69 Å². The standard InChI is InChI=1S/C20H18ClN3O5/c21-17-4-2-1-3-15(17)13-18(20(26)23-9-11-29-12-10-23)22-19(25)14-5-7-16(8-6-14)24(27)28/h1-8,13H,9-12H2,(H,22,25). The lowest BCUT2D eigenvalue weighted by atomic mass is 10.1. The van der Waals surface area contributed by atoms with Crippen molar-refractivity contribution >= 4 is 35.2 Å². The second kappa shape index (κ2) is 9.31. The van der Waals surface area contributed by atoms with Crippen molar-refractivity contribution in [2.75, 3.05) is 26.3 Å². The Hall–Kier alpha value is -3.23. The van der Waals surface area contributed by atoms with E-state index in [1.807, 2.05) is 0 Å². The smallest absolute Gasteiger partial charge is 0.270 e. The van der Waals surface area contributed by atoms with E-state index < -0.39 is 10.8 Å².